The smallest absolute Gasteiger partial charge is 0.223 e. The molecule has 0 bridgehead atoms. The van der Waals surface area contributed by atoms with Crippen LogP contribution >= 0.6 is 0 Å². The van der Waals surface area contributed by atoms with E-state index >= 15 is 0 Å². The van der Waals surface area contributed by atoms with Gasteiger partial charge in [0.25, 0.3) is 0 Å². The fourth-order valence-electron chi connectivity index (χ4n) is 3.57. The Morgan fingerprint density at radius 2 is 2.04 bits per heavy atom. The molecule has 2 aliphatic rings. The molecule has 0 unspecified atom stereocenters. The first-order chi connectivity index (χ1) is 11.7. The zero-order chi connectivity index (χ0) is 16.5. The molecular formula is C19H22N4O. The number of piperidine rings is 1. The molecule has 0 atom stereocenters. The number of hydrogen-bond donors (Lipinski definition) is 1. The van der Waals surface area contributed by atoms with Crippen molar-refractivity contribution in [3.05, 3.63) is 41.7 Å². The Kier molecular flexibility index (Phi) is 3.99. The quantitative estimate of drug-likeness (QED) is 0.939. The Bertz CT molecular complexity index is 791. The minimum atomic E-state index is 0.249. The molecule has 2 aromatic heterocycles. The first-order valence-electron chi connectivity index (χ1n) is 8.76. The Balaban J connectivity index is 1.38. The molecule has 1 N–H and O–H groups in total. The number of pyridine rings is 1. The first kappa shape index (κ1) is 15.2. The number of hydrogen-bond acceptors (Lipinski definition) is 3. The highest BCUT2D eigenvalue weighted by Gasteiger charge is 2.31. The molecule has 1 saturated heterocycles. The van der Waals surface area contributed by atoms with E-state index in [1.165, 1.54) is 0 Å². The van der Waals surface area contributed by atoms with Crippen molar-refractivity contribution < 1.29 is 4.79 Å². The van der Waals surface area contributed by atoms with E-state index in [-0.39, 0.29) is 11.8 Å². The van der Waals surface area contributed by atoms with Crippen LogP contribution in [-0.2, 0) is 11.3 Å². The molecule has 2 fully saturated rings. The summed E-state index contributed by atoms with van der Waals surface area (Å²) in [6.45, 7) is 2.73. The molecule has 4 rings (SSSR count). The Morgan fingerprint density at radius 1 is 1.25 bits per heavy atom. The number of aromatic nitrogens is 1. The van der Waals surface area contributed by atoms with E-state index in [4.69, 9.17) is 0 Å². The van der Waals surface area contributed by atoms with Crippen LogP contribution in [0.1, 0.15) is 36.8 Å². The van der Waals surface area contributed by atoms with Crippen LogP contribution in [-0.4, -0.2) is 34.3 Å². The number of fused-ring (bicyclic) bond motifs is 1. The lowest BCUT2D eigenvalue weighted by Gasteiger charge is -2.32. The van der Waals surface area contributed by atoms with Crippen molar-refractivity contribution in [3.63, 3.8) is 0 Å². The summed E-state index contributed by atoms with van der Waals surface area (Å²) in [6.07, 6.45) is 8.16. The maximum Gasteiger partial charge on any atom is 0.223 e. The lowest BCUT2D eigenvalue weighted by Crippen LogP contribution is -2.44. The Hall–Kier alpha value is -2.32. The third-order valence-electron chi connectivity index (χ3n) is 5.15. The fraction of sp³-hybridized carbons (Fsp3) is 0.474. The number of carbonyl (C=O) groups excluding carboxylic acids is 1. The summed E-state index contributed by atoms with van der Waals surface area (Å²) in [6, 6.07) is 8.61. The second kappa shape index (κ2) is 6.29. The number of nitriles is 1. The van der Waals surface area contributed by atoms with Crippen molar-refractivity contribution >= 4 is 11.4 Å². The van der Waals surface area contributed by atoms with Crippen LogP contribution in [0.3, 0.4) is 0 Å². The molecule has 0 radical (unpaired) electrons. The van der Waals surface area contributed by atoms with Gasteiger partial charge in [0.2, 0.25) is 5.91 Å². The molecule has 1 aliphatic heterocycles. The normalized spacial score (nSPS) is 19.3. The lowest BCUT2D eigenvalue weighted by molar-refractivity contribution is -0.123. The van der Waals surface area contributed by atoms with Gasteiger partial charge in [-0.1, -0.05) is 6.07 Å². The summed E-state index contributed by atoms with van der Waals surface area (Å²) in [5.74, 6) is 0.536. The molecule has 5 heteroatoms. The molecule has 124 valence electrons. The third-order valence-corrected chi connectivity index (χ3v) is 5.15. The molecule has 0 spiro atoms. The van der Waals surface area contributed by atoms with Crippen molar-refractivity contribution in [2.45, 2.75) is 38.3 Å². The molecular weight excluding hydrogens is 300 g/mol. The number of rotatable bonds is 4. The van der Waals surface area contributed by atoms with Gasteiger partial charge < -0.3 is 9.72 Å². The lowest BCUT2D eigenvalue weighted by atomic mass is 10.0. The van der Waals surface area contributed by atoms with E-state index in [9.17, 15) is 10.1 Å². The zero-order valence-electron chi connectivity index (χ0n) is 13.7. The number of nitrogens with zero attached hydrogens (tertiary/aromatic N) is 3. The number of carbonyl (C=O) groups is 1. The van der Waals surface area contributed by atoms with Gasteiger partial charge in [-0.05, 0) is 37.8 Å². The van der Waals surface area contributed by atoms with Crippen LogP contribution in [0.4, 0.5) is 0 Å². The summed E-state index contributed by atoms with van der Waals surface area (Å²) < 4.78 is 2.02. The van der Waals surface area contributed by atoms with E-state index in [1.807, 2.05) is 28.8 Å². The first-order valence-corrected chi connectivity index (χ1v) is 8.76. The average Bonchev–Trinajstić information content (AvgIpc) is 3.39. The highest BCUT2D eigenvalue weighted by Crippen LogP contribution is 2.29. The average molecular weight is 322 g/mol. The van der Waals surface area contributed by atoms with E-state index in [0.29, 0.717) is 6.04 Å². The minimum absolute atomic E-state index is 0.249. The summed E-state index contributed by atoms with van der Waals surface area (Å²) in [4.78, 5) is 14.2. The highest BCUT2D eigenvalue weighted by molar-refractivity contribution is 5.81. The molecule has 5 nitrogen and oxygen atoms in total. The molecule has 2 aromatic rings. The topological polar surface area (TPSA) is 60.5 Å². The SMILES string of the molecule is N#Cc1c(CN2CCC(NC(=O)C3CC3)CC2)cn2ccccc12. The molecule has 1 amide bonds. The van der Waals surface area contributed by atoms with Gasteiger partial charge in [0.1, 0.15) is 6.07 Å². The molecule has 24 heavy (non-hydrogen) atoms. The van der Waals surface area contributed by atoms with Crippen LogP contribution in [0.5, 0.6) is 0 Å². The van der Waals surface area contributed by atoms with Gasteiger partial charge in [-0.3, -0.25) is 9.69 Å². The standard InChI is InChI=1S/C19H22N4O/c20-11-17-15(13-23-8-2-1-3-18(17)23)12-22-9-6-16(7-10-22)21-19(24)14-4-5-14/h1-3,8,13-14,16H,4-7,9-10,12H2,(H,21,24). The van der Waals surface area contributed by atoms with Crippen LogP contribution < -0.4 is 5.32 Å². The van der Waals surface area contributed by atoms with Crippen LogP contribution in [0.2, 0.25) is 0 Å². The Morgan fingerprint density at radius 3 is 2.75 bits per heavy atom. The van der Waals surface area contributed by atoms with Gasteiger partial charge in [0.05, 0.1) is 11.1 Å². The van der Waals surface area contributed by atoms with Crippen molar-refractivity contribution in [3.8, 4) is 6.07 Å². The minimum Gasteiger partial charge on any atom is -0.353 e. The molecule has 3 heterocycles. The monoisotopic (exact) mass is 322 g/mol. The maximum absolute atomic E-state index is 11.9. The van der Waals surface area contributed by atoms with Crippen LogP contribution in [0, 0.1) is 17.2 Å². The summed E-state index contributed by atoms with van der Waals surface area (Å²) in [5.41, 5.74) is 2.84. The van der Waals surface area contributed by atoms with Crippen molar-refractivity contribution in [2.75, 3.05) is 13.1 Å². The number of likely N-dealkylation sites (tertiary alicyclic amines) is 1. The van der Waals surface area contributed by atoms with Gasteiger partial charge in [-0.2, -0.15) is 5.26 Å². The summed E-state index contributed by atoms with van der Waals surface area (Å²) in [5, 5.41) is 12.7. The van der Waals surface area contributed by atoms with E-state index < -0.39 is 0 Å². The maximum atomic E-state index is 11.9. The predicted molar refractivity (Wildman–Crippen MR) is 91.3 cm³/mol. The molecule has 0 aromatic carbocycles. The van der Waals surface area contributed by atoms with E-state index in [2.05, 4.69) is 22.5 Å². The number of nitrogens with one attached hydrogen (secondary N) is 1. The predicted octanol–water partition coefficient (Wildman–Crippen LogP) is 2.30. The second-order valence-corrected chi connectivity index (χ2v) is 6.97. The highest BCUT2D eigenvalue weighted by atomic mass is 16.2. The van der Waals surface area contributed by atoms with Crippen molar-refractivity contribution in [1.82, 2.24) is 14.6 Å². The molecule has 1 aliphatic carbocycles. The van der Waals surface area contributed by atoms with Crippen LogP contribution in [0.25, 0.3) is 5.52 Å². The largest absolute Gasteiger partial charge is 0.353 e. The van der Waals surface area contributed by atoms with Gasteiger partial charge in [-0.15, -0.1) is 0 Å². The summed E-state index contributed by atoms with van der Waals surface area (Å²) in [7, 11) is 0. The third kappa shape index (κ3) is 3.02. The van der Waals surface area contributed by atoms with Crippen LogP contribution in [0.15, 0.2) is 30.6 Å². The second-order valence-electron chi connectivity index (χ2n) is 6.97. The zero-order valence-corrected chi connectivity index (χ0v) is 13.7. The van der Waals surface area contributed by atoms with Crippen molar-refractivity contribution in [2.24, 2.45) is 5.92 Å². The fourth-order valence-corrected chi connectivity index (χ4v) is 3.57. The van der Waals surface area contributed by atoms with E-state index in [1.54, 1.807) is 0 Å². The Labute approximate surface area is 141 Å². The van der Waals surface area contributed by atoms with Gasteiger partial charge in [0, 0.05) is 49.6 Å². The number of amides is 1. The van der Waals surface area contributed by atoms with Gasteiger partial charge in [0.15, 0.2) is 0 Å². The van der Waals surface area contributed by atoms with Crippen molar-refractivity contribution in [1.29, 1.82) is 5.26 Å². The summed E-state index contributed by atoms with van der Waals surface area (Å²) >= 11 is 0. The van der Waals surface area contributed by atoms with E-state index in [0.717, 1.165) is 62.0 Å². The molecule has 1 saturated carbocycles. The van der Waals surface area contributed by atoms with Gasteiger partial charge in [-0.25, -0.2) is 0 Å². The van der Waals surface area contributed by atoms with Gasteiger partial charge >= 0.3 is 0 Å².